The summed E-state index contributed by atoms with van der Waals surface area (Å²) in [6, 6.07) is 7.13. The van der Waals surface area contributed by atoms with Gasteiger partial charge in [-0.1, -0.05) is 26.0 Å². The lowest BCUT2D eigenvalue weighted by atomic mass is 9.77. The fourth-order valence-corrected chi connectivity index (χ4v) is 12.1. The normalized spacial score (nSPS) is 39.3. The zero-order valence-electron chi connectivity index (χ0n) is 47.1. The molecule has 4 fully saturated rings. The Balaban J connectivity index is 1.08. The maximum atomic E-state index is 15.1. The van der Waals surface area contributed by atoms with Crippen molar-refractivity contribution in [3.63, 3.8) is 0 Å². The highest BCUT2D eigenvalue weighted by Gasteiger charge is 2.53. The number of amides is 1. The minimum absolute atomic E-state index is 0.0809. The molecule has 77 heavy (non-hydrogen) atoms. The van der Waals surface area contributed by atoms with Crippen LogP contribution in [0.15, 0.2) is 48.9 Å². The first-order chi connectivity index (χ1) is 36.2. The number of halogens is 1. The molecular weight excluding hydrogens is 1000 g/mol. The molecule has 4 saturated heterocycles. The summed E-state index contributed by atoms with van der Waals surface area (Å²) in [6.45, 7) is 18.7. The number of rotatable bonds is 14. The van der Waals surface area contributed by atoms with Gasteiger partial charge in [0.25, 0.3) is 0 Å². The number of ether oxygens (including phenoxy) is 7. The van der Waals surface area contributed by atoms with E-state index in [2.05, 4.69) is 10.3 Å². The Morgan fingerprint density at radius 1 is 0.935 bits per heavy atom. The number of hydrogen-bond donors (Lipinski definition) is 5. The minimum atomic E-state index is -1.86. The first-order valence-corrected chi connectivity index (χ1v) is 27.2. The van der Waals surface area contributed by atoms with Crippen LogP contribution in [-0.2, 0) is 50.9 Å². The van der Waals surface area contributed by atoms with Crippen molar-refractivity contribution < 1.29 is 72.7 Å². The fourth-order valence-electron chi connectivity index (χ4n) is 12.1. The van der Waals surface area contributed by atoms with Gasteiger partial charge in [0, 0.05) is 69.6 Å². The second kappa shape index (κ2) is 24.7. The first-order valence-electron chi connectivity index (χ1n) is 27.2. The lowest BCUT2D eigenvalue weighted by Crippen LogP contribution is -2.61. The molecule has 5 N–H and O–H groups in total. The Bertz CT molecular complexity index is 2410. The average molecular weight is 1090 g/mol. The lowest BCUT2D eigenvalue weighted by molar-refractivity contribution is -0.318. The number of nitrogens with zero attached hydrogens (tertiary/aromatic N) is 7. The van der Waals surface area contributed by atoms with E-state index in [1.807, 2.05) is 37.7 Å². The highest BCUT2D eigenvalue weighted by molar-refractivity contribution is 5.89. The number of carbonyl (C=O) groups excluding carboxylic acids is 2. The third-order valence-electron chi connectivity index (χ3n) is 16.8. The highest BCUT2D eigenvalue weighted by atomic mass is 19.1. The van der Waals surface area contributed by atoms with Gasteiger partial charge in [0.05, 0.1) is 71.7 Å². The molecule has 0 aliphatic carbocycles. The maximum Gasteiger partial charge on any atom is 0.414 e. The Morgan fingerprint density at radius 3 is 2.30 bits per heavy atom. The van der Waals surface area contributed by atoms with Crippen molar-refractivity contribution in [1.82, 2.24) is 29.4 Å². The number of anilines is 1. The van der Waals surface area contributed by atoms with Crippen molar-refractivity contribution >= 4 is 17.7 Å². The Morgan fingerprint density at radius 2 is 1.64 bits per heavy atom. The molecule has 4 aliphatic rings. The number of esters is 1. The van der Waals surface area contributed by atoms with E-state index in [-0.39, 0.29) is 38.3 Å². The third-order valence-corrected chi connectivity index (χ3v) is 16.8. The van der Waals surface area contributed by atoms with Crippen LogP contribution in [0.1, 0.15) is 101 Å². The average Bonchev–Trinajstić information content (AvgIpc) is 4.16. The molecular formula is C55H86FN7O14. The number of likely N-dealkylation sites (N-methyl/N-ethyl adjacent to an activating group) is 2. The van der Waals surface area contributed by atoms with E-state index in [1.54, 1.807) is 101 Å². The summed E-state index contributed by atoms with van der Waals surface area (Å²) in [5.41, 5.74) is -3.20. The topological polar surface area (TPSA) is 245 Å². The van der Waals surface area contributed by atoms with Crippen LogP contribution in [0.2, 0.25) is 0 Å². The molecule has 0 bridgehead atoms. The Hall–Kier alpha value is -4.17. The molecule has 4 aliphatic heterocycles. The van der Waals surface area contributed by atoms with Gasteiger partial charge in [0.1, 0.15) is 41.9 Å². The van der Waals surface area contributed by atoms with Gasteiger partial charge in [-0.2, -0.15) is 0 Å². The number of hydrogen-bond acceptors (Lipinski definition) is 18. The smallest absolute Gasteiger partial charge is 0.414 e. The van der Waals surface area contributed by atoms with Crippen LogP contribution in [0.4, 0.5) is 14.9 Å². The summed E-state index contributed by atoms with van der Waals surface area (Å²) in [4.78, 5) is 32.8. The zero-order chi connectivity index (χ0) is 56.5. The van der Waals surface area contributed by atoms with Gasteiger partial charge in [0.15, 0.2) is 12.6 Å². The van der Waals surface area contributed by atoms with E-state index in [0.29, 0.717) is 43.0 Å². The van der Waals surface area contributed by atoms with E-state index in [9.17, 15) is 35.1 Å². The fraction of sp³-hybridized carbons (Fsp3) is 0.745. The molecule has 0 radical (unpaired) electrons. The molecule has 22 heteroatoms. The zero-order valence-corrected chi connectivity index (χ0v) is 47.1. The van der Waals surface area contributed by atoms with E-state index in [4.69, 9.17) is 33.2 Å². The summed E-state index contributed by atoms with van der Waals surface area (Å²) < 4.78 is 62.3. The van der Waals surface area contributed by atoms with E-state index in [1.165, 1.54) is 25.0 Å². The molecule has 19 atom stereocenters. The van der Waals surface area contributed by atoms with E-state index < -0.39 is 126 Å². The van der Waals surface area contributed by atoms with Gasteiger partial charge >= 0.3 is 12.1 Å². The van der Waals surface area contributed by atoms with Crippen molar-refractivity contribution in [2.24, 2.45) is 17.8 Å². The van der Waals surface area contributed by atoms with Crippen molar-refractivity contribution in [2.45, 2.75) is 204 Å². The molecule has 7 rings (SSSR count). The van der Waals surface area contributed by atoms with E-state index >= 15 is 4.39 Å². The predicted octanol–water partition coefficient (Wildman–Crippen LogP) is 4.06. The largest absolute Gasteiger partial charge is 0.459 e. The SMILES string of the molecule is CC[C@H]1OC(=O)[C@H](C)[C@@H](O[C@H]2C[C@@](C)(OC)[C@@H](O)[C@H](C)O2)[C@H](C)[C@@H](O[C@@H]2O[C@H](C)C[C@H](N(C)CCc3cn(C[C@H]4CN(c5ccc(-n6cccc6)c(F)c5)C(=O)O4)nn3)[C@H]2O)[C@](C)(O)C[C@@H](C)CN(C)[C@H](C)[C@@H](O)[C@]1(C)O. The van der Waals surface area contributed by atoms with Gasteiger partial charge in [-0.05, 0) is 118 Å². The van der Waals surface area contributed by atoms with Gasteiger partial charge < -0.3 is 73.1 Å². The number of carbonyl (C=O) groups is 2. The molecule has 3 aromatic rings. The van der Waals surface area contributed by atoms with Crippen LogP contribution in [-0.4, -0.2) is 204 Å². The van der Waals surface area contributed by atoms with Crippen LogP contribution in [0.25, 0.3) is 5.69 Å². The summed E-state index contributed by atoms with van der Waals surface area (Å²) in [5.74, 6) is -3.37. The van der Waals surface area contributed by atoms with Crippen LogP contribution in [0, 0.1) is 23.6 Å². The van der Waals surface area contributed by atoms with Crippen molar-refractivity contribution in [3.8, 4) is 5.69 Å². The van der Waals surface area contributed by atoms with Gasteiger partial charge in [-0.3, -0.25) is 9.69 Å². The molecule has 6 heterocycles. The van der Waals surface area contributed by atoms with Crippen LogP contribution in [0.5, 0.6) is 0 Å². The number of aliphatic hydroxyl groups is 5. The standard InChI is InChI=1S/C55H86FN7O14/c1-14-43-55(10,70)47(65)35(6)60(12)27-31(2)25-53(8,69)49(33(4)46(34(5)50(67)75-43)76-44-26-54(9,71-13)48(66)36(7)73-44)77-51-45(64)42(23-32(3)72-51)59(11)22-19-37-28-62(58-57-37)29-39-30-63(52(68)74-39)38-17-18-41(40(56)24-38)61-20-15-16-21-61/h15-18,20-21,24,28,31-36,39,42-49,51,64-66,69-70H,14,19,22-23,25-27,29-30H2,1-13H3/t31-,32-,33+,34-,35-,36+,39+,42+,43-,44+,45-,46+,47-,48+,49-,51+,53-,54-,55-/m1/s1. The van der Waals surface area contributed by atoms with Gasteiger partial charge in [-0.15, -0.1) is 5.10 Å². The number of benzene rings is 1. The summed E-state index contributed by atoms with van der Waals surface area (Å²) >= 11 is 0. The summed E-state index contributed by atoms with van der Waals surface area (Å²) in [5, 5.41) is 68.5. The molecule has 0 saturated carbocycles. The number of aromatic nitrogens is 4. The highest BCUT2D eigenvalue weighted by Crippen LogP contribution is 2.40. The van der Waals surface area contributed by atoms with Crippen LogP contribution in [0.3, 0.4) is 0 Å². The monoisotopic (exact) mass is 1090 g/mol. The van der Waals surface area contributed by atoms with Crippen LogP contribution >= 0.6 is 0 Å². The first kappa shape index (κ1) is 60.5. The second-order valence-corrected chi connectivity index (χ2v) is 23.2. The van der Waals surface area contributed by atoms with Crippen molar-refractivity contribution in [2.75, 3.05) is 45.7 Å². The third kappa shape index (κ3) is 13.5. The maximum absolute atomic E-state index is 15.1. The number of methoxy groups -OCH3 is 1. The van der Waals surface area contributed by atoms with Crippen molar-refractivity contribution in [3.05, 3.63) is 60.4 Å². The molecule has 21 nitrogen and oxygen atoms in total. The summed E-state index contributed by atoms with van der Waals surface area (Å²) in [7, 11) is 5.21. The molecule has 0 unspecified atom stereocenters. The van der Waals surface area contributed by atoms with Gasteiger partial charge in [0.2, 0.25) is 0 Å². The Labute approximate surface area is 452 Å². The minimum Gasteiger partial charge on any atom is -0.459 e. The predicted molar refractivity (Wildman–Crippen MR) is 280 cm³/mol. The summed E-state index contributed by atoms with van der Waals surface area (Å²) in [6.07, 6.45) is -4.93. The van der Waals surface area contributed by atoms with Crippen LogP contribution < -0.4 is 4.90 Å². The molecule has 0 spiro atoms. The Kier molecular flexibility index (Phi) is 19.4. The number of aliphatic hydroxyl groups excluding tert-OH is 3. The second-order valence-electron chi connectivity index (χ2n) is 23.2. The molecule has 1 aromatic carbocycles. The number of cyclic esters (lactones) is 2. The van der Waals surface area contributed by atoms with E-state index in [0.717, 1.165) is 0 Å². The molecule has 1 amide bonds. The lowest BCUT2D eigenvalue weighted by Gasteiger charge is -2.49. The van der Waals surface area contributed by atoms with Crippen molar-refractivity contribution in [1.29, 1.82) is 0 Å². The molecule has 2 aromatic heterocycles. The van der Waals surface area contributed by atoms with Gasteiger partial charge in [-0.25, -0.2) is 13.9 Å². The quantitative estimate of drug-likeness (QED) is 0.143. The molecule has 432 valence electrons.